The number of nitrogens with zero attached hydrogens (tertiary/aromatic N) is 1. The largest absolute Gasteiger partial charge is 0.441 e. The first-order chi connectivity index (χ1) is 7.83. The molecule has 2 aromatic rings. The quantitative estimate of drug-likeness (QED) is 0.784. The van der Waals surface area contributed by atoms with Gasteiger partial charge in [-0.15, -0.1) is 0 Å². The molecule has 86 valence electrons. The molecule has 0 spiro atoms. The van der Waals surface area contributed by atoms with Gasteiger partial charge in [0.25, 0.3) is 0 Å². The van der Waals surface area contributed by atoms with E-state index in [0.717, 1.165) is 42.8 Å². The van der Waals surface area contributed by atoms with Crippen molar-refractivity contribution in [2.75, 3.05) is 13.6 Å². The van der Waals surface area contributed by atoms with Gasteiger partial charge in [-0.1, -0.05) is 13.0 Å². The monoisotopic (exact) mass is 218 g/mol. The Labute approximate surface area is 95.9 Å². The minimum atomic E-state index is 0.846. The Morgan fingerprint density at radius 1 is 1.38 bits per heavy atom. The summed E-state index contributed by atoms with van der Waals surface area (Å²) in [6, 6.07) is 6.23. The van der Waals surface area contributed by atoms with Gasteiger partial charge in [0.05, 0.1) is 0 Å². The van der Waals surface area contributed by atoms with Crippen molar-refractivity contribution < 1.29 is 4.42 Å². The molecule has 0 aliphatic carbocycles. The van der Waals surface area contributed by atoms with Crippen LogP contribution in [-0.4, -0.2) is 18.6 Å². The minimum absolute atomic E-state index is 0.846. The van der Waals surface area contributed by atoms with Gasteiger partial charge in [-0.05, 0) is 44.1 Å². The van der Waals surface area contributed by atoms with Crippen molar-refractivity contribution in [3.8, 4) is 0 Å². The van der Waals surface area contributed by atoms with Gasteiger partial charge in [0.1, 0.15) is 5.52 Å². The third-order valence-electron chi connectivity index (χ3n) is 2.72. The molecule has 1 N–H and O–H groups in total. The molecule has 0 amide bonds. The number of hydrogen-bond donors (Lipinski definition) is 1. The highest BCUT2D eigenvalue weighted by Gasteiger charge is 2.05. The number of oxazole rings is 1. The van der Waals surface area contributed by atoms with Crippen LogP contribution in [0.2, 0.25) is 0 Å². The molecule has 1 heterocycles. The lowest BCUT2D eigenvalue weighted by Gasteiger charge is -1.94. The number of rotatable bonds is 5. The van der Waals surface area contributed by atoms with Gasteiger partial charge < -0.3 is 9.73 Å². The molecule has 0 radical (unpaired) electrons. The highest BCUT2D eigenvalue weighted by Crippen LogP contribution is 2.18. The number of aryl methyl sites for hydroxylation is 2. The molecular weight excluding hydrogens is 200 g/mol. The number of benzene rings is 1. The molecule has 1 aromatic carbocycles. The Morgan fingerprint density at radius 3 is 3.00 bits per heavy atom. The molecule has 0 unspecified atom stereocenters. The van der Waals surface area contributed by atoms with E-state index in [1.165, 1.54) is 5.56 Å². The molecule has 0 bridgehead atoms. The van der Waals surface area contributed by atoms with Crippen LogP contribution in [0.4, 0.5) is 0 Å². The summed E-state index contributed by atoms with van der Waals surface area (Å²) in [6.45, 7) is 3.15. The lowest BCUT2D eigenvalue weighted by Crippen LogP contribution is -2.08. The van der Waals surface area contributed by atoms with Gasteiger partial charge >= 0.3 is 0 Å². The maximum Gasteiger partial charge on any atom is 0.195 e. The van der Waals surface area contributed by atoms with Gasteiger partial charge in [0.2, 0.25) is 0 Å². The lowest BCUT2D eigenvalue weighted by molar-refractivity contribution is 0.516. The van der Waals surface area contributed by atoms with Crippen LogP contribution in [-0.2, 0) is 12.8 Å². The Kier molecular flexibility index (Phi) is 3.57. The third kappa shape index (κ3) is 2.42. The highest BCUT2D eigenvalue weighted by atomic mass is 16.3. The van der Waals surface area contributed by atoms with Gasteiger partial charge in [-0.25, -0.2) is 4.98 Å². The van der Waals surface area contributed by atoms with E-state index in [0.29, 0.717) is 0 Å². The van der Waals surface area contributed by atoms with Gasteiger partial charge in [-0.3, -0.25) is 0 Å². The van der Waals surface area contributed by atoms with E-state index >= 15 is 0 Å². The maximum absolute atomic E-state index is 5.68. The summed E-state index contributed by atoms with van der Waals surface area (Å²) in [5, 5.41) is 3.12. The van der Waals surface area contributed by atoms with Crippen LogP contribution in [0.3, 0.4) is 0 Å². The van der Waals surface area contributed by atoms with Crippen molar-refractivity contribution in [2.24, 2.45) is 0 Å². The van der Waals surface area contributed by atoms with Crippen LogP contribution >= 0.6 is 0 Å². The fourth-order valence-corrected chi connectivity index (χ4v) is 1.76. The van der Waals surface area contributed by atoms with Gasteiger partial charge in [-0.2, -0.15) is 0 Å². The van der Waals surface area contributed by atoms with Gasteiger partial charge in [0.15, 0.2) is 11.5 Å². The van der Waals surface area contributed by atoms with Crippen molar-refractivity contribution in [1.29, 1.82) is 0 Å². The first kappa shape index (κ1) is 11.1. The molecule has 16 heavy (non-hydrogen) atoms. The normalized spacial score (nSPS) is 11.1. The highest BCUT2D eigenvalue weighted by molar-refractivity contribution is 5.73. The molecule has 0 saturated carbocycles. The standard InChI is InChI=1S/C13H18N2O/c1-3-10-6-7-12-11(9-10)15-13(16-12)5-4-8-14-2/h6-7,9,14H,3-5,8H2,1-2H3. The fraction of sp³-hybridized carbons (Fsp3) is 0.462. The lowest BCUT2D eigenvalue weighted by atomic mass is 10.1. The smallest absolute Gasteiger partial charge is 0.195 e. The second-order valence-corrected chi connectivity index (χ2v) is 3.97. The van der Waals surface area contributed by atoms with Crippen molar-refractivity contribution >= 4 is 11.1 Å². The summed E-state index contributed by atoms with van der Waals surface area (Å²) in [7, 11) is 1.96. The first-order valence-electron chi connectivity index (χ1n) is 5.86. The topological polar surface area (TPSA) is 38.1 Å². The molecule has 0 aliphatic rings. The zero-order valence-corrected chi connectivity index (χ0v) is 9.92. The zero-order chi connectivity index (χ0) is 11.4. The van der Waals surface area contributed by atoms with Crippen molar-refractivity contribution in [3.05, 3.63) is 29.7 Å². The Morgan fingerprint density at radius 2 is 2.25 bits per heavy atom. The van der Waals surface area contributed by atoms with Gasteiger partial charge in [0, 0.05) is 6.42 Å². The van der Waals surface area contributed by atoms with Crippen LogP contribution in [0, 0.1) is 0 Å². The maximum atomic E-state index is 5.68. The summed E-state index contributed by atoms with van der Waals surface area (Å²) in [5.41, 5.74) is 3.19. The predicted octanol–water partition coefficient (Wildman–Crippen LogP) is 2.54. The van der Waals surface area contributed by atoms with Crippen molar-refractivity contribution in [1.82, 2.24) is 10.3 Å². The SMILES string of the molecule is CCc1ccc2oc(CCCNC)nc2c1. The molecule has 0 fully saturated rings. The molecule has 3 heteroatoms. The van der Waals surface area contributed by atoms with E-state index < -0.39 is 0 Å². The van der Waals surface area contributed by atoms with E-state index in [9.17, 15) is 0 Å². The summed E-state index contributed by atoms with van der Waals surface area (Å²) in [6.07, 6.45) is 3.00. The van der Waals surface area contributed by atoms with Crippen molar-refractivity contribution in [3.63, 3.8) is 0 Å². The molecule has 0 atom stereocenters. The predicted molar refractivity (Wildman–Crippen MR) is 65.6 cm³/mol. The summed E-state index contributed by atoms with van der Waals surface area (Å²) >= 11 is 0. The molecular formula is C13H18N2O. The molecule has 3 nitrogen and oxygen atoms in total. The molecule has 2 rings (SSSR count). The average molecular weight is 218 g/mol. The first-order valence-corrected chi connectivity index (χ1v) is 5.86. The molecule has 0 saturated heterocycles. The van der Waals surface area contributed by atoms with E-state index in [1.54, 1.807) is 0 Å². The average Bonchev–Trinajstić information content (AvgIpc) is 2.70. The Balaban J connectivity index is 2.16. The summed E-state index contributed by atoms with van der Waals surface area (Å²) in [4.78, 5) is 4.50. The van der Waals surface area contributed by atoms with Crippen LogP contribution in [0.5, 0.6) is 0 Å². The van der Waals surface area contributed by atoms with Crippen molar-refractivity contribution in [2.45, 2.75) is 26.2 Å². The van der Waals surface area contributed by atoms with Crippen LogP contribution in [0.1, 0.15) is 24.8 Å². The Hall–Kier alpha value is -1.35. The zero-order valence-electron chi connectivity index (χ0n) is 9.92. The van der Waals surface area contributed by atoms with E-state index in [2.05, 4.69) is 29.4 Å². The summed E-state index contributed by atoms with van der Waals surface area (Å²) in [5.74, 6) is 0.846. The summed E-state index contributed by atoms with van der Waals surface area (Å²) < 4.78 is 5.68. The Bertz CT molecular complexity index is 462. The van der Waals surface area contributed by atoms with Crippen LogP contribution in [0.15, 0.2) is 22.6 Å². The van der Waals surface area contributed by atoms with E-state index in [1.807, 2.05) is 13.1 Å². The molecule has 0 aliphatic heterocycles. The fourth-order valence-electron chi connectivity index (χ4n) is 1.76. The number of nitrogens with one attached hydrogen (secondary N) is 1. The second-order valence-electron chi connectivity index (χ2n) is 3.97. The number of fused-ring (bicyclic) bond motifs is 1. The minimum Gasteiger partial charge on any atom is -0.441 e. The number of hydrogen-bond acceptors (Lipinski definition) is 3. The van der Waals surface area contributed by atoms with E-state index in [-0.39, 0.29) is 0 Å². The second kappa shape index (κ2) is 5.12. The number of aromatic nitrogens is 1. The van der Waals surface area contributed by atoms with E-state index in [4.69, 9.17) is 4.42 Å². The third-order valence-corrected chi connectivity index (χ3v) is 2.72. The van der Waals surface area contributed by atoms with Crippen LogP contribution < -0.4 is 5.32 Å². The molecule has 1 aromatic heterocycles. The van der Waals surface area contributed by atoms with Crippen LogP contribution in [0.25, 0.3) is 11.1 Å².